The van der Waals surface area contributed by atoms with Crippen molar-refractivity contribution in [2.24, 2.45) is 5.92 Å². The van der Waals surface area contributed by atoms with Gasteiger partial charge < -0.3 is 19.8 Å². The van der Waals surface area contributed by atoms with Crippen LogP contribution in [-0.4, -0.2) is 37.0 Å². The molecule has 1 heterocycles. The Morgan fingerprint density at radius 2 is 2.08 bits per heavy atom. The predicted octanol–water partition coefficient (Wildman–Crippen LogP) is 1.64. The fourth-order valence-electron chi connectivity index (χ4n) is 2.77. The summed E-state index contributed by atoms with van der Waals surface area (Å²) in [6.07, 6.45) is 5.80. The zero-order valence-corrected chi connectivity index (χ0v) is 13.9. The highest BCUT2D eigenvalue weighted by atomic mass is 16.5. The van der Waals surface area contributed by atoms with E-state index in [-0.39, 0.29) is 37.3 Å². The summed E-state index contributed by atoms with van der Waals surface area (Å²) in [5.74, 6) is -0.556. The maximum atomic E-state index is 11.8. The van der Waals surface area contributed by atoms with Crippen molar-refractivity contribution in [1.29, 1.82) is 0 Å². The van der Waals surface area contributed by atoms with Crippen LogP contribution in [0.4, 0.5) is 0 Å². The van der Waals surface area contributed by atoms with Crippen LogP contribution in [0.25, 0.3) is 0 Å². The van der Waals surface area contributed by atoms with Crippen LogP contribution in [0, 0.1) is 5.92 Å². The summed E-state index contributed by atoms with van der Waals surface area (Å²) >= 11 is 0. The third-order valence-corrected chi connectivity index (χ3v) is 4.18. The van der Waals surface area contributed by atoms with Gasteiger partial charge in [0.05, 0.1) is 12.7 Å². The fourth-order valence-corrected chi connectivity index (χ4v) is 2.77. The Morgan fingerprint density at radius 3 is 2.79 bits per heavy atom. The van der Waals surface area contributed by atoms with Crippen molar-refractivity contribution in [2.75, 3.05) is 13.2 Å². The van der Waals surface area contributed by atoms with Crippen molar-refractivity contribution in [1.82, 2.24) is 10.6 Å². The number of hydrogen-bond donors (Lipinski definition) is 2. The first kappa shape index (κ1) is 18.0. The lowest BCUT2D eigenvalue weighted by atomic mass is 9.86. The molecular formula is C17H24N2O5. The summed E-state index contributed by atoms with van der Waals surface area (Å²) in [7, 11) is 0. The summed E-state index contributed by atoms with van der Waals surface area (Å²) in [4.78, 5) is 35.0. The molecule has 7 heteroatoms. The highest BCUT2D eigenvalue weighted by Gasteiger charge is 2.23. The van der Waals surface area contributed by atoms with E-state index in [4.69, 9.17) is 9.15 Å². The van der Waals surface area contributed by atoms with Crippen molar-refractivity contribution < 1.29 is 23.5 Å². The molecule has 0 spiro atoms. The third-order valence-electron chi connectivity index (χ3n) is 4.18. The van der Waals surface area contributed by atoms with Gasteiger partial charge in [0.1, 0.15) is 0 Å². The Bertz CT molecular complexity index is 555. The number of amides is 2. The van der Waals surface area contributed by atoms with Crippen molar-refractivity contribution in [3.8, 4) is 0 Å². The molecule has 2 rings (SSSR count). The standard InChI is InChI=1S/C17H24N2O5/c1-12-5-2-3-6-13(12)19-15(20)11-24-16(21)8-9-18-17(22)14-7-4-10-23-14/h4,7,10,12-13H,2-3,5-6,8-9,11H2,1H3,(H,18,22)(H,19,20)/t12-,13+/m0/s1. The number of hydrogen-bond acceptors (Lipinski definition) is 5. The van der Waals surface area contributed by atoms with Gasteiger partial charge in [-0.2, -0.15) is 0 Å². The Labute approximate surface area is 141 Å². The smallest absolute Gasteiger partial charge is 0.308 e. The summed E-state index contributed by atoms with van der Waals surface area (Å²) < 4.78 is 9.86. The van der Waals surface area contributed by atoms with Crippen LogP contribution in [0.3, 0.4) is 0 Å². The van der Waals surface area contributed by atoms with E-state index in [1.54, 1.807) is 6.07 Å². The van der Waals surface area contributed by atoms with E-state index in [0.717, 1.165) is 19.3 Å². The molecule has 1 aliphatic carbocycles. The van der Waals surface area contributed by atoms with E-state index in [0.29, 0.717) is 5.92 Å². The lowest BCUT2D eigenvalue weighted by Gasteiger charge is -2.29. The number of carbonyl (C=O) groups excluding carboxylic acids is 3. The second kappa shape index (κ2) is 9.10. The zero-order chi connectivity index (χ0) is 17.4. The second-order valence-corrected chi connectivity index (χ2v) is 6.08. The lowest BCUT2D eigenvalue weighted by Crippen LogP contribution is -2.43. The molecule has 1 saturated carbocycles. The number of furan rings is 1. The first-order valence-corrected chi connectivity index (χ1v) is 8.33. The minimum Gasteiger partial charge on any atom is -0.459 e. The number of rotatable bonds is 7. The van der Waals surface area contributed by atoms with Gasteiger partial charge in [-0.05, 0) is 30.9 Å². The molecule has 2 N–H and O–H groups in total. The molecule has 0 radical (unpaired) electrons. The van der Waals surface area contributed by atoms with Crippen LogP contribution in [0.2, 0.25) is 0 Å². The quantitative estimate of drug-likeness (QED) is 0.738. The van der Waals surface area contributed by atoms with Gasteiger partial charge in [0.2, 0.25) is 0 Å². The normalized spacial score (nSPS) is 20.2. The van der Waals surface area contributed by atoms with Gasteiger partial charge in [-0.1, -0.05) is 19.8 Å². The van der Waals surface area contributed by atoms with Crippen LogP contribution in [0.1, 0.15) is 49.6 Å². The second-order valence-electron chi connectivity index (χ2n) is 6.08. The Balaban J connectivity index is 1.58. The van der Waals surface area contributed by atoms with E-state index >= 15 is 0 Å². The largest absolute Gasteiger partial charge is 0.459 e. The maximum Gasteiger partial charge on any atom is 0.308 e. The number of esters is 1. The highest BCUT2D eigenvalue weighted by Crippen LogP contribution is 2.23. The maximum absolute atomic E-state index is 11.8. The molecule has 24 heavy (non-hydrogen) atoms. The van der Waals surface area contributed by atoms with Gasteiger partial charge in [0.25, 0.3) is 11.8 Å². The molecule has 1 fully saturated rings. The lowest BCUT2D eigenvalue weighted by molar-refractivity contribution is -0.148. The Hall–Kier alpha value is -2.31. The van der Waals surface area contributed by atoms with E-state index in [1.807, 2.05) is 0 Å². The molecule has 1 aliphatic rings. The highest BCUT2D eigenvalue weighted by molar-refractivity contribution is 5.91. The van der Waals surface area contributed by atoms with Crippen LogP contribution < -0.4 is 10.6 Å². The van der Waals surface area contributed by atoms with Crippen molar-refractivity contribution in [2.45, 2.75) is 45.1 Å². The number of carbonyl (C=O) groups is 3. The first-order chi connectivity index (χ1) is 11.6. The van der Waals surface area contributed by atoms with Crippen molar-refractivity contribution in [3.63, 3.8) is 0 Å². The number of nitrogens with one attached hydrogen (secondary N) is 2. The van der Waals surface area contributed by atoms with Crippen LogP contribution in [-0.2, 0) is 14.3 Å². The molecule has 2 amide bonds. The van der Waals surface area contributed by atoms with E-state index < -0.39 is 11.9 Å². The molecule has 7 nitrogen and oxygen atoms in total. The van der Waals surface area contributed by atoms with Crippen molar-refractivity contribution >= 4 is 17.8 Å². The topological polar surface area (TPSA) is 97.6 Å². The first-order valence-electron chi connectivity index (χ1n) is 8.33. The fraction of sp³-hybridized carbons (Fsp3) is 0.588. The average molecular weight is 336 g/mol. The van der Waals surface area contributed by atoms with Gasteiger partial charge in [-0.3, -0.25) is 14.4 Å². The minimum atomic E-state index is -0.526. The third kappa shape index (κ3) is 5.72. The summed E-state index contributed by atoms with van der Waals surface area (Å²) in [6, 6.07) is 3.30. The van der Waals surface area contributed by atoms with Gasteiger partial charge in [0.15, 0.2) is 12.4 Å². The zero-order valence-electron chi connectivity index (χ0n) is 13.9. The molecule has 2 atom stereocenters. The van der Waals surface area contributed by atoms with Gasteiger partial charge in [-0.15, -0.1) is 0 Å². The number of ether oxygens (including phenoxy) is 1. The monoisotopic (exact) mass is 336 g/mol. The average Bonchev–Trinajstić information content (AvgIpc) is 3.09. The van der Waals surface area contributed by atoms with Crippen LogP contribution in [0.5, 0.6) is 0 Å². The molecule has 0 saturated heterocycles. The molecule has 132 valence electrons. The molecule has 0 aliphatic heterocycles. The molecule has 0 bridgehead atoms. The van der Waals surface area contributed by atoms with E-state index in [2.05, 4.69) is 17.6 Å². The van der Waals surface area contributed by atoms with Crippen LogP contribution in [0.15, 0.2) is 22.8 Å². The van der Waals surface area contributed by atoms with Crippen LogP contribution >= 0.6 is 0 Å². The van der Waals surface area contributed by atoms with Crippen molar-refractivity contribution in [3.05, 3.63) is 24.2 Å². The van der Waals surface area contributed by atoms with Gasteiger partial charge in [-0.25, -0.2) is 0 Å². The SMILES string of the molecule is C[C@H]1CCCC[C@H]1NC(=O)COC(=O)CCNC(=O)c1ccco1. The molecular weight excluding hydrogens is 312 g/mol. The molecule has 0 aromatic carbocycles. The molecule has 1 aromatic rings. The summed E-state index contributed by atoms with van der Waals surface area (Å²) in [6.45, 7) is 1.96. The van der Waals surface area contributed by atoms with Gasteiger partial charge in [0, 0.05) is 12.6 Å². The molecule has 1 aromatic heterocycles. The Morgan fingerprint density at radius 1 is 1.29 bits per heavy atom. The van der Waals surface area contributed by atoms with E-state index in [1.165, 1.54) is 18.8 Å². The summed E-state index contributed by atoms with van der Waals surface area (Å²) in [5.41, 5.74) is 0. The van der Waals surface area contributed by atoms with E-state index in [9.17, 15) is 14.4 Å². The predicted molar refractivity (Wildman–Crippen MR) is 86.2 cm³/mol. The molecule has 0 unspecified atom stereocenters. The summed E-state index contributed by atoms with van der Waals surface area (Å²) in [5, 5.41) is 5.46. The van der Waals surface area contributed by atoms with Gasteiger partial charge >= 0.3 is 5.97 Å². The Kier molecular flexibility index (Phi) is 6.84. The minimum absolute atomic E-state index is 0.000437.